The summed E-state index contributed by atoms with van der Waals surface area (Å²) in [4.78, 5) is 22.3. The zero-order valence-electron chi connectivity index (χ0n) is 17.1. The number of halogens is 1. The van der Waals surface area contributed by atoms with E-state index in [1.165, 1.54) is 32.1 Å². The molecule has 0 unspecified atom stereocenters. The number of H-pyrrole nitrogens is 1. The highest BCUT2D eigenvalue weighted by Crippen LogP contribution is 2.34. The molecule has 1 aromatic heterocycles. The topological polar surface area (TPSA) is 78.5 Å². The molecular formula is C22H32ClN3O3. The summed E-state index contributed by atoms with van der Waals surface area (Å²) in [6, 6.07) is 6.57. The van der Waals surface area contributed by atoms with Crippen LogP contribution in [0.5, 0.6) is 5.75 Å². The Morgan fingerprint density at radius 1 is 1.24 bits per heavy atom. The summed E-state index contributed by atoms with van der Waals surface area (Å²) in [5.74, 6) is 1.55. The number of nitrogens with zero attached hydrogens (tertiary/aromatic N) is 2. The molecule has 2 atom stereocenters. The minimum Gasteiger partial charge on any atom is -0.494 e. The van der Waals surface area contributed by atoms with E-state index in [-0.39, 0.29) is 24.7 Å². The number of para-hydroxylation sites is 1. The first-order valence-electron chi connectivity index (χ1n) is 10.6. The van der Waals surface area contributed by atoms with Crippen molar-refractivity contribution in [3.05, 3.63) is 24.0 Å². The van der Waals surface area contributed by atoms with Gasteiger partial charge in [-0.2, -0.15) is 0 Å². The molecule has 1 saturated carbocycles. The number of rotatable bonds is 6. The highest BCUT2D eigenvalue weighted by atomic mass is 35.5. The molecule has 29 heavy (non-hydrogen) atoms. The molecule has 2 fully saturated rings. The normalized spacial score (nSPS) is 23.6. The van der Waals surface area contributed by atoms with Crippen molar-refractivity contribution >= 4 is 29.4 Å². The highest BCUT2D eigenvalue weighted by molar-refractivity contribution is 5.85. The number of hydrogen-bond acceptors (Lipinski definition) is 4. The van der Waals surface area contributed by atoms with Crippen LogP contribution in [0.25, 0.3) is 11.0 Å². The minimum atomic E-state index is -0.688. The van der Waals surface area contributed by atoms with Crippen LogP contribution in [-0.2, 0) is 11.2 Å². The molecule has 0 radical (unpaired) electrons. The Balaban J connectivity index is 0.00000240. The van der Waals surface area contributed by atoms with Crippen molar-refractivity contribution in [2.45, 2.75) is 57.4 Å². The van der Waals surface area contributed by atoms with Gasteiger partial charge in [-0.1, -0.05) is 25.3 Å². The molecule has 160 valence electrons. The summed E-state index contributed by atoms with van der Waals surface area (Å²) in [6.07, 6.45) is 8.61. The Morgan fingerprint density at radius 2 is 2.03 bits per heavy atom. The molecule has 1 aromatic carbocycles. The number of imidazole rings is 1. The van der Waals surface area contributed by atoms with E-state index in [0.29, 0.717) is 12.0 Å². The van der Waals surface area contributed by atoms with Gasteiger partial charge in [-0.05, 0) is 49.8 Å². The lowest BCUT2D eigenvalue weighted by Gasteiger charge is -2.43. The quantitative estimate of drug-likeness (QED) is 0.727. The van der Waals surface area contributed by atoms with Gasteiger partial charge in [0, 0.05) is 25.4 Å². The molecule has 7 heteroatoms. The Labute approximate surface area is 178 Å². The predicted octanol–water partition coefficient (Wildman–Crippen LogP) is 4.28. The first kappa shape index (κ1) is 21.9. The number of carboxylic acids is 1. The number of aromatic nitrogens is 2. The van der Waals surface area contributed by atoms with Gasteiger partial charge in [0.2, 0.25) is 0 Å². The third-order valence-corrected chi connectivity index (χ3v) is 6.65. The van der Waals surface area contributed by atoms with Crippen LogP contribution >= 0.6 is 12.4 Å². The second-order valence-electron chi connectivity index (χ2n) is 8.44. The van der Waals surface area contributed by atoms with Crippen LogP contribution in [0.3, 0.4) is 0 Å². The molecule has 0 spiro atoms. The molecule has 2 aliphatic rings. The van der Waals surface area contributed by atoms with Crippen molar-refractivity contribution < 1.29 is 14.6 Å². The number of nitrogens with one attached hydrogen (secondary N) is 1. The third kappa shape index (κ3) is 5.04. The number of fused-ring (bicyclic) bond motifs is 1. The van der Waals surface area contributed by atoms with Crippen LogP contribution < -0.4 is 4.74 Å². The van der Waals surface area contributed by atoms with Crippen molar-refractivity contribution in [3.8, 4) is 5.75 Å². The fourth-order valence-corrected chi connectivity index (χ4v) is 5.18. The van der Waals surface area contributed by atoms with Gasteiger partial charge in [0.1, 0.15) is 17.1 Å². The van der Waals surface area contributed by atoms with Gasteiger partial charge >= 0.3 is 5.97 Å². The van der Waals surface area contributed by atoms with E-state index >= 15 is 0 Å². The maximum absolute atomic E-state index is 11.4. The number of aromatic amines is 1. The smallest absolute Gasteiger partial charge is 0.303 e. The summed E-state index contributed by atoms with van der Waals surface area (Å²) < 4.78 is 5.43. The molecule has 2 aromatic rings. The number of ether oxygens (including phenoxy) is 1. The summed E-state index contributed by atoms with van der Waals surface area (Å²) in [5.41, 5.74) is 1.83. The largest absolute Gasteiger partial charge is 0.494 e. The Bertz CT molecular complexity index is 819. The standard InChI is InChI=1S/C22H31N3O3.ClH/c1-28-19-9-5-8-18-22(19)24-20(23-18)12-16-14-25(17-6-3-2-4-7-17)11-10-15(16)13-21(26)27;/h5,8-9,15-17H,2-4,6-7,10-14H2,1H3,(H,23,24)(H,26,27);1H/t15-,16-;/m0./s1. The average Bonchev–Trinajstić information content (AvgIpc) is 3.12. The lowest BCUT2D eigenvalue weighted by molar-refractivity contribution is -0.139. The number of aliphatic carboxylic acids is 1. The molecule has 6 nitrogen and oxygen atoms in total. The lowest BCUT2D eigenvalue weighted by atomic mass is 9.79. The van der Waals surface area contributed by atoms with E-state index in [4.69, 9.17) is 9.72 Å². The van der Waals surface area contributed by atoms with E-state index in [1.54, 1.807) is 7.11 Å². The van der Waals surface area contributed by atoms with E-state index in [2.05, 4.69) is 9.88 Å². The Kier molecular flexibility index (Phi) is 7.41. The van der Waals surface area contributed by atoms with Gasteiger partial charge in [0.05, 0.1) is 12.6 Å². The van der Waals surface area contributed by atoms with Gasteiger partial charge < -0.3 is 19.7 Å². The van der Waals surface area contributed by atoms with E-state index in [0.717, 1.165) is 48.5 Å². The summed E-state index contributed by atoms with van der Waals surface area (Å²) in [6.45, 7) is 2.02. The Hall–Kier alpha value is -1.79. The van der Waals surface area contributed by atoms with Crippen LogP contribution in [0.1, 0.15) is 50.8 Å². The van der Waals surface area contributed by atoms with Gasteiger partial charge in [-0.25, -0.2) is 4.98 Å². The molecule has 0 bridgehead atoms. The van der Waals surface area contributed by atoms with Crippen molar-refractivity contribution in [1.82, 2.24) is 14.9 Å². The number of methoxy groups -OCH3 is 1. The first-order chi connectivity index (χ1) is 13.6. The summed E-state index contributed by atoms with van der Waals surface area (Å²) in [5, 5.41) is 9.39. The predicted molar refractivity (Wildman–Crippen MR) is 116 cm³/mol. The average molecular weight is 422 g/mol. The number of likely N-dealkylation sites (tertiary alicyclic amines) is 1. The number of hydrogen-bond donors (Lipinski definition) is 2. The molecule has 2 N–H and O–H groups in total. The highest BCUT2D eigenvalue weighted by Gasteiger charge is 2.34. The van der Waals surface area contributed by atoms with Crippen LogP contribution in [0.15, 0.2) is 18.2 Å². The van der Waals surface area contributed by atoms with Gasteiger partial charge in [-0.15, -0.1) is 12.4 Å². The monoisotopic (exact) mass is 421 g/mol. The lowest BCUT2D eigenvalue weighted by Crippen LogP contribution is -2.47. The maximum Gasteiger partial charge on any atom is 0.303 e. The van der Waals surface area contributed by atoms with Crippen molar-refractivity contribution in [3.63, 3.8) is 0 Å². The number of piperidine rings is 1. The van der Waals surface area contributed by atoms with Crippen LogP contribution in [0.2, 0.25) is 0 Å². The zero-order valence-corrected chi connectivity index (χ0v) is 17.9. The third-order valence-electron chi connectivity index (χ3n) is 6.65. The first-order valence-corrected chi connectivity index (χ1v) is 10.6. The Morgan fingerprint density at radius 3 is 2.76 bits per heavy atom. The van der Waals surface area contributed by atoms with Crippen LogP contribution in [0.4, 0.5) is 0 Å². The fourth-order valence-electron chi connectivity index (χ4n) is 5.18. The molecule has 1 aliphatic heterocycles. The molecule has 0 amide bonds. The second-order valence-corrected chi connectivity index (χ2v) is 8.44. The van der Waals surface area contributed by atoms with Crippen molar-refractivity contribution in [1.29, 1.82) is 0 Å². The molecule has 1 saturated heterocycles. The maximum atomic E-state index is 11.4. The van der Waals surface area contributed by atoms with E-state index in [9.17, 15) is 9.90 Å². The van der Waals surface area contributed by atoms with Crippen molar-refractivity contribution in [2.24, 2.45) is 11.8 Å². The minimum absolute atomic E-state index is 0. The van der Waals surface area contributed by atoms with Crippen LogP contribution in [0, 0.1) is 11.8 Å². The summed E-state index contributed by atoms with van der Waals surface area (Å²) in [7, 11) is 1.66. The number of benzene rings is 1. The molecule has 1 aliphatic carbocycles. The van der Waals surface area contributed by atoms with Gasteiger partial charge in [-0.3, -0.25) is 4.79 Å². The second kappa shape index (κ2) is 9.81. The fraction of sp³-hybridized carbons (Fsp3) is 0.636. The van der Waals surface area contributed by atoms with E-state index < -0.39 is 5.97 Å². The van der Waals surface area contributed by atoms with Crippen molar-refractivity contribution in [2.75, 3.05) is 20.2 Å². The van der Waals surface area contributed by atoms with E-state index in [1.807, 2.05) is 18.2 Å². The molecular weight excluding hydrogens is 390 g/mol. The van der Waals surface area contributed by atoms with Gasteiger partial charge in [0.25, 0.3) is 0 Å². The number of carbonyl (C=O) groups is 1. The summed E-state index contributed by atoms with van der Waals surface area (Å²) >= 11 is 0. The zero-order chi connectivity index (χ0) is 19.5. The molecule has 2 heterocycles. The SMILES string of the molecule is COc1cccc2[nH]c(C[C@H]3CN(C4CCCCC4)CC[C@H]3CC(=O)O)nc12.Cl. The molecule has 4 rings (SSSR count). The number of carboxylic acid groups (broad SMARTS) is 1. The van der Waals surface area contributed by atoms with Gasteiger partial charge in [0.15, 0.2) is 0 Å². The van der Waals surface area contributed by atoms with Crippen LogP contribution in [-0.4, -0.2) is 52.2 Å².